The average Bonchev–Trinajstić information content (AvgIpc) is 2.46. The second-order valence-electron chi connectivity index (χ2n) is 5.94. The van der Waals surface area contributed by atoms with E-state index in [0.717, 1.165) is 31.7 Å². The van der Waals surface area contributed by atoms with Crippen LogP contribution in [0.1, 0.15) is 30.9 Å². The second kappa shape index (κ2) is 6.71. The molecule has 1 aliphatic rings. The molecule has 1 aromatic rings. The van der Waals surface area contributed by atoms with Crippen LogP contribution < -0.4 is 4.90 Å². The maximum Gasteiger partial charge on any atom is 0.246 e. The van der Waals surface area contributed by atoms with Crippen LogP contribution in [0.2, 0.25) is 0 Å². The van der Waals surface area contributed by atoms with Crippen molar-refractivity contribution in [3.8, 4) is 0 Å². The first-order valence-electron chi connectivity index (χ1n) is 7.44. The molecule has 0 spiro atoms. The first-order chi connectivity index (χ1) is 9.56. The largest absolute Gasteiger partial charge is 0.334 e. The number of carbonyl (C=O) groups excluding carboxylic acids is 1. The zero-order chi connectivity index (χ0) is 14.5. The van der Waals surface area contributed by atoms with E-state index in [2.05, 4.69) is 45.2 Å². The molecule has 1 heterocycles. The van der Waals surface area contributed by atoms with Crippen molar-refractivity contribution < 1.29 is 9.69 Å². The van der Waals surface area contributed by atoms with Gasteiger partial charge in [0.2, 0.25) is 5.91 Å². The van der Waals surface area contributed by atoms with E-state index in [1.807, 2.05) is 11.0 Å². The third kappa shape index (κ3) is 3.94. The third-order valence-electron chi connectivity index (χ3n) is 3.95. The fraction of sp³-hybridized carbons (Fsp3) is 0.471. The molecule has 0 saturated carbocycles. The van der Waals surface area contributed by atoms with Crippen LogP contribution in [0, 0.1) is 0 Å². The van der Waals surface area contributed by atoms with Gasteiger partial charge in [0.1, 0.15) is 0 Å². The van der Waals surface area contributed by atoms with Crippen LogP contribution in [0.5, 0.6) is 0 Å². The molecule has 1 saturated heterocycles. The lowest BCUT2D eigenvalue weighted by molar-refractivity contribution is -0.883. The Morgan fingerprint density at radius 2 is 1.80 bits per heavy atom. The summed E-state index contributed by atoms with van der Waals surface area (Å²) >= 11 is 0. The molecule has 3 nitrogen and oxygen atoms in total. The fourth-order valence-electron chi connectivity index (χ4n) is 2.37. The minimum absolute atomic E-state index is 0.130. The van der Waals surface area contributed by atoms with Crippen LogP contribution in [-0.4, -0.2) is 44.0 Å². The zero-order valence-corrected chi connectivity index (χ0v) is 12.7. The summed E-state index contributed by atoms with van der Waals surface area (Å²) in [5.74, 6) is 0.674. The van der Waals surface area contributed by atoms with E-state index in [1.54, 1.807) is 6.08 Å². The molecule has 3 heteroatoms. The van der Waals surface area contributed by atoms with Crippen LogP contribution in [0.15, 0.2) is 30.3 Å². The zero-order valence-electron chi connectivity index (χ0n) is 12.7. The van der Waals surface area contributed by atoms with Gasteiger partial charge >= 0.3 is 0 Å². The van der Waals surface area contributed by atoms with Gasteiger partial charge in [-0.2, -0.15) is 0 Å². The van der Waals surface area contributed by atoms with Crippen LogP contribution in [0.4, 0.5) is 0 Å². The van der Waals surface area contributed by atoms with Gasteiger partial charge in [-0.1, -0.05) is 38.1 Å². The third-order valence-corrected chi connectivity index (χ3v) is 3.95. The molecule has 0 atom stereocenters. The number of nitrogens with zero attached hydrogens (tertiary/aromatic N) is 1. The summed E-state index contributed by atoms with van der Waals surface area (Å²) in [4.78, 5) is 15.5. The number of benzene rings is 1. The van der Waals surface area contributed by atoms with Crippen LogP contribution >= 0.6 is 0 Å². The van der Waals surface area contributed by atoms with E-state index in [4.69, 9.17) is 0 Å². The topological polar surface area (TPSA) is 24.8 Å². The molecule has 2 rings (SSSR count). The quantitative estimate of drug-likeness (QED) is 0.822. The molecule has 0 radical (unpaired) electrons. The number of amides is 1. The Kier molecular flexibility index (Phi) is 4.96. The predicted molar refractivity (Wildman–Crippen MR) is 82.8 cm³/mol. The highest BCUT2D eigenvalue weighted by Crippen LogP contribution is 2.15. The van der Waals surface area contributed by atoms with Gasteiger partial charge in [0.15, 0.2) is 0 Å². The van der Waals surface area contributed by atoms with Crippen molar-refractivity contribution in [3.05, 3.63) is 41.5 Å². The summed E-state index contributed by atoms with van der Waals surface area (Å²) in [7, 11) is 2.17. The van der Waals surface area contributed by atoms with E-state index in [0.29, 0.717) is 5.92 Å². The molecule has 0 aromatic heterocycles. The molecule has 1 aromatic carbocycles. The summed E-state index contributed by atoms with van der Waals surface area (Å²) in [5, 5.41) is 0. The van der Waals surface area contributed by atoms with Crippen LogP contribution in [0.25, 0.3) is 6.08 Å². The van der Waals surface area contributed by atoms with Crippen molar-refractivity contribution in [1.29, 1.82) is 0 Å². The van der Waals surface area contributed by atoms with Crippen molar-refractivity contribution in [2.45, 2.75) is 19.8 Å². The standard InChI is InChI=1S/C17H24N2O/c1-14(2)16-7-4-15(5-8-16)6-9-17(20)19-12-10-18(3)11-13-19/h4-9,14H,10-13H2,1-3H3/p+1. The fourth-order valence-corrected chi connectivity index (χ4v) is 2.37. The van der Waals surface area contributed by atoms with Crippen molar-refractivity contribution in [2.75, 3.05) is 33.2 Å². The number of nitrogens with one attached hydrogen (secondary N) is 1. The Bertz CT molecular complexity index is 468. The van der Waals surface area contributed by atoms with E-state index < -0.39 is 0 Å². The molecule has 108 valence electrons. The number of quaternary nitrogens is 1. The molecule has 0 unspecified atom stereocenters. The molecule has 1 aliphatic heterocycles. The van der Waals surface area contributed by atoms with Gasteiger partial charge in [-0.05, 0) is 23.1 Å². The van der Waals surface area contributed by atoms with Crippen LogP contribution in [-0.2, 0) is 4.79 Å². The maximum absolute atomic E-state index is 12.1. The summed E-state index contributed by atoms with van der Waals surface area (Å²) < 4.78 is 0. The Labute approximate surface area is 121 Å². The van der Waals surface area contributed by atoms with E-state index >= 15 is 0 Å². The molecule has 1 amide bonds. The Morgan fingerprint density at radius 3 is 2.35 bits per heavy atom. The molecule has 1 fully saturated rings. The highest BCUT2D eigenvalue weighted by Gasteiger charge is 2.19. The van der Waals surface area contributed by atoms with E-state index in [-0.39, 0.29) is 5.91 Å². The first kappa shape index (κ1) is 14.8. The Hall–Kier alpha value is -1.61. The molecule has 0 aliphatic carbocycles. The summed E-state index contributed by atoms with van der Waals surface area (Å²) in [6.07, 6.45) is 3.61. The molecular formula is C17H25N2O+. The van der Waals surface area contributed by atoms with Gasteiger partial charge < -0.3 is 9.80 Å². The SMILES string of the molecule is CC(C)c1ccc(C=CC(=O)N2CC[NH+](C)CC2)cc1. The lowest BCUT2D eigenvalue weighted by atomic mass is 10.0. The normalized spacial score (nSPS) is 17.1. The lowest BCUT2D eigenvalue weighted by Crippen LogP contribution is -3.12. The van der Waals surface area contributed by atoms with Gasteiger partial charge in [0.05, 0.1) is 33.2 Å². The number of likely N-dealkylation sites (N-methyl/N-ethyl adjacent to an activating group) is 1. The number of hydrogen-bond donors (Lipinski definition) is 1. The second-order valence-corrected chi connectivity index (χ2v) is 5.94. The summed E-state index contributed by atoms with van der Waals surface area (Å²) in [5.41, 5.74) is 2.41. The van der Waals surface area contributed by atoms with Gasteiger partial charge in [-0.25, -0.2) is 0 Å². The highest BCUT2D eigenvalue weighted by molar-refractivity contribution is 5.91. The molecular weight excluding hydrogens is 248 g/mol. The van der Waals surface area contributed by atoms with E-state index in [9.17, 15) is 4.79 Å². The van der Waals surface area contributed by atoms with Gasteiger partial charge in [-0.15, -0.1) is 0 Å². The van der Waals surface area contributed by atoms with Gasteiger partial charge in [-0.3, -0.25) is 4.79 Å². The minimum atomic E-state index is 0.130. The Balaban J connectivity index is 1.93. The molecule has 20 heavy (non-hydrogen) atoms. The average molecular weight is 273 g/mol. The summed E-state index contributed by atoms with van der Waals surface area (Å²) in [6, 6.07) is 8.42. The minimum Gasteiger partial charge on any atom is -0.334 e. The number of rotatable bonds is 3. The molecule has 0 bridgehead atoms. The number of piperazine rings is 1. The summed E-state index contributed by atoms with van der Waals surface area (Å²) in [6.45, 7) is 8.18. The van der Waals surface area contributed by atoms with Crippen molar-refractivity contribution in [2.24, 2.45) is 0 Å². The van der Waals surface area contributed by atoms with Gasteiger partial charge in [0.25, 0.3) is 0 Å². The smallest absolute Gasteiger partial charge is 0.246 e. The van der Waals surface area contributed by atoms with Crippen LogP contribution in [0.3, 0.4) is 0 Å². The maximum atomic E-state index is 12.1. The predicted octanol–water partition coefficient (Wildman–Crippen LogP) is 1.18. The van der Waals surface area contributed by atoms with Crippen molar-refractivity contribution in [1.82, 2.24) is 4.90 Å². The monoisotopic (exact) mass is 273 g/mol. The lowest BCUT2D eigenvalue weighted by Gasteiger charge is -2.29. The van der Waals surface area contributed by atoms with Crippen molar-refractivity contribution in [3.63, 3.8) is 0 Å². The van der Waals surface area contributed by atoms with Crippen molar-refractivity contribution >= 4 is 12.0 Å². The molecule has 1 N–H and O–H groups in total. The highest BCUT2D eigenvalue weighted by atomic mass is 16.2. The Morgan fingerprint density at radius 1 is 1.20 bits per heavy atom. The number of carbonyl (C=O) groups is 1. The van der Waals surface area contributed by atoms with Gasteiger partial charge in [0, 0.05) is 6.08 Å². The first-order valence-corrected chi connectivity index (χ1v) is 7.44. The van der Waals surface area contributed by atoms with E-state index in [1.165, 1.54) is 10.5 Å². The number of hydrogen-bond acceptors (Lipinski definition) is 1.